The molecule has 0 aliphatic carbocycles. The number of methoxy groups -OCH3 is 1. The fourth-order valence-corrected chi connectivity index (χ4v) is 1.81. The zero-order chi connectivity index (χ0) is 17.2. The van der Waals surface area contributed by atoms with Crippen LogP contribution < -0.4 is 10.1 Å². The minimum absolute atomic E-state index is 0.0132. The van der Waals surface area contributed by atoms with Gasteiger partial charge in [-0.05, 0) is 31.5 Å². The molecule has 0 atom stereocenters. The molecule has 0 unspecified atom stereocenters. The zero-order valence-corrected chi connectivity index (χ0v) is 13.5. The van der Waals surface area contributed by atoms with E-state index in [1.807, 2.05) is 0 Å². The van der Waals surface area contributed by atoms with Crippen LogP contribution in [0.4, 0.5) is 0 Å². The first kappa shape index (κ1) is 18.5. The molecule has 0 heterocycles. The standard InChI is InChI=1S/C16H21NO6/c1-4-22-15(19)14(16(20)23-5-2)17-13(18)10-11-6-8-12(21-3)9-7-11/h6-9,14H,4-5,10H2,1-3H3,(H,17,18). The summed E-state index contributed by atoms with van der Waals surface area (Å²) in [5.74, 6) is -1.49. The Labute approximate surface area is 134 Å². The second kappa shape index (κ2) is 9.45. The third kappa shape index (κ3) is 5.98. The molecule has 1 aromatic rings. The van der Waals surface area contributed by atoms with E-state index in [1.165, 1.54) is 0 Å². The number of carbonyl (C=O) groups excluding carboxylic acids is 3. The molecule has 1 N–H and O–H groups in total. The van der Waals surface area contributed by atoms with Crippen molar-refractivity contribution in [1.29, 1.82) is 0 Å². The Morgan fingerprint density at radius 1 is 1.00 bits per heavy atom. The van der Waals surface area contributed by atoms with Crippen molar-refractivity contribution in [2.45, 2.75) is 26.3 Å². The van der Waals surface area contributed by atoms with Crippen molar-refractivity contribution in [3.05, 3.63) is 29.8 Å². The monoisotopic (exact) mass is 323 g/mol. The summed E-state index contributed by atoms with van der Waals surface area (Å²) in [7, 11) is 1.55. The van der Waals surface area contributed by atoms with Gasteiger partial charge in [0.1, 0.15) is 5.75 Å². The van der Waals surface area contributed by atoms with Crippen LogP contribution in [0.3, 0.4) is 0 Å². The Kier molecular flexibility index (Phi) is 7.59. The summed E-state index contributed by atoms with van der Waals surface area (Å²) in [5.41, 5.74) is 0.717. The molecule has 126 valence electrons. The average Bonchev–Trinajstić information content (AvgIpc) is 2.53. The van der Waals surface area contributed by atoms with Crippen molar-refractivity contribution in [2.24, 2.45) is 0 Å². The first-order valence-electron chi connectivity index (χ1n) is 7.27. The summed E-state index contributed by atoms with van der Waals surface area (Å²) in [4.78, 5) is 35.6. The number of nitrogens with one attached hydrogen (secondary N) is 1. The first-order valence-corrected chi connectivity index (χ1v) is 7.27. The van der Waals surface area contributed by atoms with E-state index >= 15 is 0 Å². The summed E-state index contributed by atoms with van der Waals surface area (Å²) in [6.45, 7) is 3.42. The number of carbonyl (C=O) groups is 3. The van der Waals surface area contributed by atoms with Crippen LogP contribution in [0, 0.1) is 0 Å². The highest BCUT2D eigenvalue weighted by Crippen LogP contribution is 2.11. The van der Waals surface area contributed by atoms with Gasteiger partial charge >= 0.3 is 11.9 Å². The van der Waals surface area contributed by atoms with Crippen molar-refractivity contribution in [3.8, 4) is 5.75 Å². The van der Waals surface area contributed by atoms with E-state index in [-0.39, 0.29) is 19.6 Å². The Morgan fingerprint density at radius 3 is 1.96 bits per heavy atom. The predicted molar refractivity (Wildman–Crippen MR) is 81.9 cm³/mol. The van der Waals surface area contributed by atoms with E-state index in [4.69, 9.17) is 14.2 Å². The predicted octanol–water partition coefficient (Wildman–Crippen LogP) is 0.849. The fourth-order valence-electron chi connectivity index (χ4n) is 1.81. The van der Waals surface area contributed by atoms with Crippen LogP contribution in [0.2, 0.25) is 0 Å². The third-order valence-corrected chi connectivity index (χ3v) is 2.87. The van der Waals surface area contributed by atoms with Crippen LogP contribution >= 0.6 is 0 Å². The molecule has 0 aliphatic rings. The molecule has 1 aromatic carbocycles. The van der Waals surface area contributed by atoms with Gasteiger partial charge in [0, 0.05) is 0 Å². The molecule has 0 bridgehead atoms. The van der Waals surface area contributed by atoms with Crippen LogP contribution in [0.15, 0.2) is 24.3 Å². The van der Waals surface area contributed by atoms with Crippen molar-refractivity contribution in [1.82, 2.24) is 5.32 Å². The number of rotatable bonds is 8. The summed E-state index contributed by atoms with van der Waals surface area (Å²) >= 11 is 0. The third-order valence-electron chi connectivity index (χ3n) is 2.87. The number of hydrogen-bond acceptors (Lipinski definition) is 6. The fraction of sp³-hybridized carbons (Fsp3) is 0.438. The van der Waals surface area contributed by atoms with Gasteiger partial charge in [0.25, 0.3) is 0 Å². The summed E-state index contributed by atoms with van der Waals surface area (Å²) in [6, 6.07) is 5.43. The van der Waals surface area contributed by atoms with Crippen LogP contribution in [-0.4, -0.2) is 44.2 Å². The number of benzene rings is 1. The Bertz CT molecular complexity index is 522. The quantitative estimate of drug-likeness (QED) is 0.563. The molecule has 1 amide bonds. The molecule has 0 saturated heterocycles. The van der Waals surface area contributed by atoms with Crippen molar-refractivity contribution in [2.75, 3.05) is 20.3 Å². The molecular formula is C16H21NO6. The summed E-state index contributed by atoms with van der Waals surface area (Å²) in [6.07, 6.45) is 0.0132. The minimum atomic E-state index is -1.46. The van der Waals surface area contributed by atoms with Crippen molar-refractivity contribution < 1.29 is 28.6 Å². The van der Waals surface area contributed by atoms with Crippen LogP contribution in [-0.2, 0) is 30.3 Å². The molecule has 0 fully saturated rings. The highest BCUT2D eigenvalue weighted by atomic mass is 16.6. The molecule has 7 heteroatoms. The molecule has 23 heavy (non-hydrogen) atoms. The lowest BCUT2D eigenvalue weighted by Gasteiger charge is -2.16. The maximum absolute atomic E-state index is 12.0. The van der Waals surface area contributed by atoms with Gasteiger partial charge in [-0.1, -0.05) is 12.1 Å². The van der Waals surface area contributed by atoms with Gasteiger partial charge in [0.15, 0.2) is 0 Å². The van der Waals surface area contributed by atoms with Crippen LogP contribution in [0.5, 0.6) is 5.75 Å². The van der Waals surface area contributed by atoms with Gasteiger partial charge in [-0.25, -0.2) is 9.59 Å². The highest BCUT2D eigenvalue weighted by molar-refractivity contribution is 6.02. The number of ether oxygens (including phenoxy) is 3. The number of esters is 2. The molecule has 0 aromatic heterocycles. The molecule has 0 radical (unpaired) electrons. The van der Waals surface area contributed by atoms with Gasteiger partial charge < -0.3 is 19.5 Å². The molecule has 0 spiro atoms. The van der Waals surface area contributed by atoms with Crippen LogP contribution in [0.25, 0.3) is 0 Å². The first-order chi connectivity index (χ1) is 11.0. The number of amides is 1. The summed E-state index contributed by atoms with van der Waals surface area (Å²) < 4.78 is 14.6. The maximum Gasteiger partial charge on any atom is 0.340 e. The largest absolute Gasteiger partial charge is 0.497 e. The van der Waals surface area contributed by atoms with Crippen LogP contribution in [0.1, 0.15) is 19.4 Å². The van der Waals surface area contributed by atoms with Gasteiger partial charge in [0.05, 0.1) is 26.7 Å². The second-order valence-corrected chi connectivity index (χ2v) is 4.53. The lowest BCUT2D eigenvalue weighted by Crippen LogP contribution is -2.48. The van der Waals surface area contributed by atoms with Gasteiger partial charge in [-0.2, -0.15) is 0 Å². The molecule has 7 nitrogen and oxygen atoms in total. The van der Waals surface area contributed by atoms with Gasteiger partial charge in [-0.3, -0.25) is 4.79 Å². The topological polar surface area (TPSA) is 90.9 Å². The van der Waals surface area contributed by atoms with E-state index in [1.54, 1.807) is 45.2 Å². The second-order valence-electron chi connectivity index (χ2n) is 4.53. The SMILES string of the molecule is CCOC(=O)C(NC(=O)Cc1ccc(OC)cc1)C(=O)OCC. The molecule has 0 aliphatic heterocycles. The lowest BCUT2D eigenvalue weighted by molar-refractivity contribution is -0.159. The normalized spacial score (nSPS) is 10.1. The Hall–Kier alpha value is -2.57. The molecule has 1 rings (SSSR count). The molecular weight excluding hydrogens is 302 g/mol. The average molecular weight is 323 g/mol. The molecule has 0 saturated carbocycles. The minimum Gasteiger partial charge on any atom is -0.497 e. The van der Waals surface area contributed by atoms with E-state index in [0.29, 0.717) is 5.75 Å². The zero-order valence-electron chi connectivity index (χ0n) is 13.5. The van der Waals surface area contributed by atoms with Crippen molar-refractivity contribution in [3.63, 3.8) is 0 Å². The van der Waals surface area contributed by atoms with Gasteiger partial charge in [-0.15, -0.1) is 0 Å². The Morgan fingerprint density at radius 2 is 1.52 bits per heavy atom. The Balaban J connectivity index is 2.71. The lowest BCUT2D eigenvalue weighted by atomic mass is 10.1. The van der Waals surface area contributed by atoms with Gasteiger partial charge in [0.2, 0.25) is 11.9 Å². The van der Waals surface area contributed by atoms with E-state index in [2.05, 4.69) is 5.32 Å². The smallest absolute Gasteiger partial charge is 0.340 e. The van der Waals surface area contributed by atoms with E-state index in [9.17, 15) is 14.4 Å². The van der Waals surface area contributed by atoms with E-state index < -0.39 is 23.9 Å². The highest BCUT2D eigenvalue weighted by Gasteiger charge is 2.31. The van der Waals surface area contributed by atoms with Crippen molar-refractivity contribution >= 4 is 17.8 Å². The van der Waals surface area contributed by atoms with E-state index in [0.717, 1.165) is 5.56 Å². The number of hydrogen-bond donors (Lipinski definition) is 1. The summed E-state index contributed by atoms with van der Waals surface area (Å²) in [5, 5.41) is 2.34. The maximum atomic E-state index is 12.0.